The molecule has 1 aromatic rings. The number of Topliss-reactive ketones (excluding diaryl/α,β-unsaturated/α-hetero) is 1. The van der Waals surface area contributed by atoms with Crippen LogP contribution >= 0.6 is 0 Å². The molecule has 0 aromatic heterocycles. The van der Waals surface area contributed by atoms with Crippen LogP contribution in [0.25, 0.3) is 0 Å². The molecule has 0 radical (unpaired) electrons. The first-order valence-electron chi connectivity index (χ1n) is 51.7. The number of quaternary nitrogens is 4. The molecule has 0 amide bonds. The number of allylic oxidation sites excluding steroid dienone is 2. The van der Waals surface area contributed by atoms with E-state index in [2.05, 4.69) is 123 Å². The van der Waals surface area contributed by atoms with E-state index < -0.39 is 5.97 Å². The molecule has 0 saturated heterocycles. The number of phenolic OH excluding ortho intramolecular Hbond substituents is 1. The predicted molar refractivity (Wildman–Crippen MR) is 519 cm³/mol. The third-order valence-electron chi connectivity index (χ3n) is 24.8. The summed E-state index contributed by atoms with van der Waals surface area (Å²) < 4.78 is 64.0. The quantitative estimate of drug-likeness (QED) is 0.0161. The van der Waals surface area contributed by atoms with Gasteiger partial charge in [-0.1, -0.05) is 245 Å². The van der Waals surface area contributed by atoms with E-state index >= 15 is 0 Å². The van der Waals surface area contributed by atoms with Gasteiger partial charge in [-0.15, -0.1) is 0 Å². The lowest BCUT2D eigenvalue weighted by atomic mass is 10.0. The van der Waals surface area contributed by atoms with Crippen LogP contribution in [0.4, 0.5) is 0 Å². The lowest BCUT2D eigenvalue weighted by molar-refractivity contribution is -0.923. The normalized spacial score (nSPS) is 11.7. The van der Waals surface area contributed by atoms with Gasteiger partial charge in [-0.25, -0.2) is 4.79 Å². The molecule has 0 heterocycles. The number of aromatic hydroxyl groups is 1. The molecule has 0 saturated carbocycles. The van der Waals surface area contributed by atoms with Gasteiger partial charge in [0.25, 0.3) is 0 Å². The summed E-state index contributed by atoms with van der Waals surface area (Å²) in [6.07, 6.45) is 57.1. The Kier molecular flexibility index (Phi) is 93.1. The maximum Gasteiger partial charge on any atom is 0.342 e. The molecule has 0 unspecified atom stereocenters. The van der Waals surface area contributed by atoms with E-state index in [1.807, 2.05) is 0 Å². The second kappa shape index (κ2) is 93.1. The number of hydrogen-bond acceptors (Lipinski definition) is 17. The zero-order valence-corrected chi connectivity index (χ0v) is 84.7. The summed E-state index contributed by atoms with van der Waals surface area (Å²) in [6.45, 7) is 52.1. The van der Waals surface area contributed by atoms with Crippen molar-refractivity contribution in [3.63, 3.8) is 0 Å². The zero-order valence-electron chi connectivity index (χ0n) is 84.7. The smallest absolute Gasteiger partial charge is 0.342 e. The van der Waals surface area contributed by atoms with Crippen LogP contribution in [-0.2, 0) is 66.5 Å². The SMILES string of the molecule is CCCCCCCC(=O)c1ccc(O)c(C(=O)OCCOCCOCC[N+](CC)(CC)CC)c1.CCCCCCCC/C=C\CCCCCCCC(=O)OCCOCCOCCOCC[N+](C)(C)C.CCCCCCCCCCCC(=O)OCCOCC[N+](CC)(CC)CC.CCCCCCCCCCCCCCCC(=O)OCCOCC[N+](CC)(CC)CC. The molecule has 1 rings (SSSR count). The summed E-state index contributed by atoms with van der Waals surface area (Å²) in [5, 5.41) is 10.0. The summed E-state index contributed by atoms with van der Waals surface area (Å²) in [6, 6.07) is 4.34. The Morgan fingerprint density at radius 2 is 0.504 bits per heavy atom. The van der Waals surface area contributed by atoms with Gasteiger partial charge in [0.2, 0.25) is 0 Å². The number of ketones is 1. The molecule has 0 aliphatic heterocycles. The number of carbonyl (C=O) groups excluding carboxylic acids is 5. The van der Waals surface area contributed by atoms with Gasteiger partial charge in [-0.05, 0) is 132 Å². The standard InChI is InChI=1S/C29H58NO5.C27H45NO6.C26H54NO3.C22H46NO3/c1-5-6-7-8-9-10-11-12-13-14-15-16-17-18-19-20-29(31)35-28-27-34-26-25-33-24-23-32-22-21-30(2,3)4;1-5-9-10-11-12-13-25(29)23-14-15-26(30)24(22-23)27(31)34-21-20-33-19-18-32-17-16-28(6-2,7-3)8-4;1-5-9-10-11-12-13-14-15-16-17-18-19-20-21-26(28)30-25-24-29-23-22-27(6-2,7-3)8-4;1-5-9-10-11-12-13-14-15-16-17-22(24)26-21-20-25-19-18-23(6-2,7-3)8-4/h12-13H,5-11,14-28H2,1-4H3;14-15,22H,5-13,16-21H2,1-4H3;5-25H2,1-4H3;5-21H2,1-4H3/q+1;;2*+1/p+1/b13-12-;;;. The molecule has 0 bridgehead atoms. The number of phenols is 1. The van der Waals surface area contributed by atoms with E-state index in [1.54, 1.807) is 6.07 Å². The Morgan fingerprint density at radius 1 is 0.272 bits per heavy atom. The van der Waals surface area contributed by atoms with E-state index in [4.69, 9.17) is 52.1 Å². The topological polar surface area (TPSA) is 207 Å². The van der Waals surface area contributed by atoms with E-state index in [-0.39, 0.29) is 48.2 Å². The Hall–Kier alpha value is -4.13. The van der Waals surface area contributed by atoms with Crippen molar-refractivity contribution in [3.05, 3.63) is 41.5 Å². The summed E-state index contributed by atoms with van der Waals surface area (Å²) in [5.41, 5.74) is 0.426. The highest BCUT2D eigenvalue weighted by molar-refractivity contribution is 6.00. The van der Waals surface area contributed by atoms with Gasteiger partial charge in [0.05, 0.1) is 173 Å². The highest BCUT2D eigenvalue weighted by Crippen LogP contribution is 2.23. The highest BCUT2D eigenvalue weighted by Gasteiger charge is 2.23. The van der Waals surface area contributed by atoms with Gasteiger partial charge in [0.1, 0.15) is 63.9 Å². The van der Waals surface area contributed by atoms with Gasteiger partial charge in [0.15, 0.2) is 5.78 Å². The second-order valence-electron chi connectivity index (χ2n) is 35.4. The number of unbranched alkanes of at least 4 members (excludes halogenated alkanes) is 35. The monoisotopic (exact) mass is 1780 g/mol. The summed E-state index contributed by atoms with van der Waals surface area (Å²) in [4.78, 5) is 60.0. The number of rotatable bonds is 89. The summed E-state index contributed by atoms with van der Waals surface area (Å²) in [5.74, 6) is -1.14. The number of carbonyl (C=O) groups is 5. The van der Waals surface area contributed by atoms with Gasteiger partial charge in [0, 0.05) is 31.2 Å². The molecule has 21 nitrogen and oxygen atoms in total. The van der Waals surface area contributed by atoms with Crippen LogP contribution < -0.4 is 0 Å². The fraction of sp³-hybridized carbons (Fsp3) is 0.875. The van der Waals surface area contributed by atoms with Crippen LogP contribution in [0, 0.1) is 0 Å². The number of hydrogen-bond donors (Lipinski definition) is 1. The molecule has 738 valence electrons. The van der Waals surface area contributed by atoms with Crippen molar-refractivity contribution in [1.29, 1.82) is 0 Å². The molecule has 0 aliphatic carbocycles. The largest absolute Gasteiger partial charge is 0.507 e. The van der Waals surface area contributed by atoms with E-state index in [1.165, 1.54) is 205 Å². The third-order valence-corrected chi connectivity index (χ3v) is 24.8. The van der Waals surface area contributed by atoms with Gasteiger partial charge in [-0.3, -0.25) is 19.2 Å². The number of benzene rings is 1. The van der Waals surface area contributed by atoms with Crippen molar-refractivity contribution in [2.24, 2.45) is 0 Å². The van der Waals surface area contributed by atoms with Crippen molar-refractivity contribution in [2.75, 3.05) is 225 Å². The fourth-order valence-corrected chi connectivity index (χ4v) is 14.9. The minimum atomic E-state index is -0.664. The van der Waals surface area contributed by atoms with E-state index in [9.17, 15) is 29.1 Å². The first-order valence-corrected chi connectivity index (χ1v) is 51.7. The van der Waals surface area contributed by atoms with E-state index in [0.717, 1.165) is 187 Å². The Bertz CT molecular complexity index is 2520. The molecular formula is C104H204N4O17+4. The van der Waals surface area contributed by atoms with Crippen LogP contribution in [0.3, 0.4) is 0 Å². The van der Waals surface area contributed by atoms with E-state index in [0.29, 0.717) is 117 Å². The van der Waals surface area contributed by atoms with Gasteiger partial charge in [-0.2, -0.15) is 0 Å². The molecule has 0 spiro atoms. The minimum Gasteiger partial charge on any atom is -0.507 e. The average molecular weight is 1780 g/mol. The van der Waals surface area contributed by atoms with Gasteiger partial charge < -0.3 is 75.1 Å². The molecule has 21 heteroatoms. The van der Waals surface area contributed by atoms with Crippen molar-refractivity contribution < 1.29 is 99.1 Å². The van der Waals surface area contributed by atoms with Crippen LogP contribution in [0.1, 0.15) is 393 Å². The van der Waals surface area contributed by atoms with Crippen LogP contribution in [-0.4, -0.2) is 278 Å². The lowest BCUT2D eigenvalue weighted by Crippen LogP contribution is -2.49. The van der Waals surface area contributed by atoms with Gasteiger partial charge >= 0.3 is 23.9 Å². The van der Waals surface area contributed by atoms with Crippen LogP contribution in [0.2, 0.25) is 0 Å². The molecule has 1 aromatic carbocycles. The first kappa shape index (κ1) is 125. The summed E-state index contributed by atoms with van der Waals surface area (Å²) >= 11 is 0. The van der Waals surface area contributed by atoms with Crippen molar-refractivity contribution >= 4 is 29.7 Å². The molecule has 0 aliphatic rings. The molecule has 1 N–H and O–H groups in total. The number of nitrogens with zero attached hydrogens (tertiary/aromatic N) is 4. The maximum absolute atomic E-state index is 12.4. The van der Waals surface area contributed by atoms with Crippen LogP contribution in [0.5, 0.6) is 5.75 Å². The molecule has 0 fully saturated rings. The van der Waals surface area contributed by atoms with Crippen molar-refractivity contribution in [2.45, 2.75) is 373 Å². The number of likely N-dealkylation sites (N-methyl/N-ethyl adjacent to an activating group) is 4. The summed E-state index contributed by atoms with van der Waals surface area (Å²) in [7, 11) is 6.44. The van der Waals surface area contributed by atoms with Crippen molar-refractivity contribution in [3.8, 4) is 5.75 Å². The lowest BCUT2D eigenvalue weighted by Gasteiger charge is -2.35. The molecular weight excluding hydrogens is 1580 g/mol. The maximum atomic E-state index is 12.4. The van der Waals surface area contributed by atoms with Crippen molar-refractivity contribution in [1.82, 2.24) is 0 Å². The number of ether oxygens (including phenoxy) is 11. The molecule has 125 heavy (non-hydrogen) atoms. The Balaban J connectivity index is -0.00000160. The average Bonchev–Trinajstić information content (AvgIpc) is 0.839. The second-order valence-corrected chi connectivity index (χ2v) is 35.4. The zero-order chi connectivity index (χ0) is 93.0. The minimum absolute atomic E-state index is 0.00421. The predicted octanol–water partition coefficient (Wildman–Crippen LogP) is 23.6. The first-order chi connectivity index (χ1) is 60.7. The molecule has 0 atom stereocenters. The number of esters is 4. The highest BCUT2D eigenvalue weighted by atomic mass is 16.6. The Labute approximate surface area is 769 Å². The Morgan fingerprint density at radius 3 is 0.776 bits per heavy atom. The van der Waals surface area contributed by atoms with Crippen LogP contribution in [0.15, 0.2) is 30.4 Å². The fourth-order valence-electron chi connectivity index (χ4n) is 14.9. The third kappa shape index (κ3) is 81.6.